The molecule has 1 aromatic heterocycles. The molecule has 0 spiro atoms. The summed E-state index contributed by atoms with van der Waals surface area (Å²) in [4.78, 5) is 8.06. The highest BCUT2D eigenvalue weighted by atomic mass is 15.0. The van der Waals surface area contributed by atoms with Crippen LogP contribution in [0.25, 0.3) is 0 Å². The van der Waals surface area contributed by atoms with Gasteiger partial charge in [-0.05, 0) is 13.3 Å². The standard InChI is InChI=1S/C10H13N3/c1-3-4-5-6-11-10-7-9(2)12-8-13-10/h1,7-8H,4-6H2,2H3,(H,11,12,13). The van der Waals surface area contributed by atoms with Gasteiger partial charge in [-0.3, -0.25) is 0 Å². The van der Waals surface area contributed by atoms with Crippen LogP contribution in [0.2, 0.25) is 0 Å². The maximum absolute atomic E-state index is 5.13. The summed E-state index contributed by atoms with van der Waals surface area (Å²) in [5, 5.41) is 3.17. The highest BCUT2D eigenvalue weighted by molar-refractivity contribution is 5.34. The van der Waals surface area contributed by atoms with Crippen LogP contribution in [0, 0.1) is 19.3 Å². The van der Waals surface area contributed by atoms with Crippen molar-refractivity contribution in [1.29, 1.82) is 0 Å². The predicted molar refractivity (Wildman–Crippen MR) is 53.3 cm³/mol. The Morgan fingerprint density at radius 1 is 1.54 bits per heavy atom. The van der Waals surface area contributed by atoms with Crippen molar-refractivity contribution in [2.24, 2.45) is 0 Å². The normalized spacial score (nSPS) is 9.23. The van der Waals surface area contributed by atoms with Crippen LogP contribution in [0.1, 0.15) is 18.5 Å². The lowest BCUT2D eigenvalue weighted by Crippen LogP contribution is -2.03. The van der Waals surface area contributed by atoms with Crippen LogP contribution < -0.4 is 5.32 Å². The minimum Gasteiger partial charge on any atom is -0.370 e. The summed E-state index contributed by atoms with van der Waals surface area (Å²) < 4.78 is 0. The van der Waals surface area contributed by atoms with Gasteiger partial charge in [-0.1, -0.05) is 0 Å². The van der Waals surface area contributed by atoms with Crippen LogP contribution in [-0.2, 0) is 0 Å². The number of hydrogen-bond acceptors (Lipinski definition) is 3. The highest BCUT2D eigenvalue weighted by Gasteiger charge is 1.92. The molecule has 0 aliphatic carbocycles. The molecule has 0 radical (unpaired) electrons. The van der Waals surface area contributed by atoms with E-state index in [1.54, 1.807) is 6.33 Å². The Balaban J connectivity index is 2.33. The molecule has 3 heteroatoms. The second-order valence-electron chi connectivity index (χ2n) is 2.78. The molecule has 0 aliphatic heterocycles. The number of aromatic nitrogens is 2. The fraction of sp³-hybridized carbons (Fsp3) is 0.400. The first-order valence-corrected chi connectivity index (χ1v) is 4.29. The van der Waals surface area contributed by atoms with Crippen LogP contribution in [0.5, 0.6) is 0 Å². The van der Waals surface area contributed by atoms with Gasteiger partial charge in [0.2, 0.25) is 0 Å². The lowest BCUT2D eigenvalue weighted by Gasteiger charge is -2.03. The second kappa shape index (κ2) is 5.15. The van der Waals surface area contributed by atoms with E-state index in [1.165, 1.54) is 0 Å². The second-order valence-corrected chi connectivity index (χ2v) is 2.78. The molecule has 0 aromatic carbocycles. The van der Waals surface area contributed by atoms with Crippen LogP contribution in [0.15, 0.2) is 12.4 Å². The number of aryl methyl sites for hydroxylation is 1. The van der Waals surface area contributed by atoms with Gasteiger partial charge < -0.3 is 5.32 Å². The highest BCUT2D eigenvalue weighted by Crippen LogP contribution is 2.02. The van der Waals surface area contributed by atoms with Gasteiger partial charge in [0.25, 0.3) is 0 Å². The van der Waals surface area contributed by atoms with Gasteiger partial charge in [-0.2, -0.15) is 0 Å². The molecule has 0 unspecified atom stereocenters. The molecule has 0 saturated carbocycles. The maximum Gasteiger partial charge on any atom is 0.129 e. The third-order valence-electron chi connectivity index (χ3n) is 1.61. The minimum absolute atomic E-state index is 0.803. The lowest BCUT2D eigenvalue weighted by molar-refractivity contribution is 0.898. The number of rotatable bonds is 4. The SMILES string of the molecule is C#CCCCNc1cc(C)ncn1. The molecule has 3 nitrogen and oxygen atoms in total. The van der Waals surface area contributed by atoms with Gasteiger partial charge in [-0.15, -0.1) is 12.3 Å². The molecule has 0 fully saturated rings. The van der Waals surface area contributed by atoms with E-state index in [0.717, 1.165) is 30.9 Å². The Hall–Kier alpha value is -1.56. The average Bonchev–Trinajstić information content (AvgIpc) is 2.13. The zero-order valence-electron chi connectivity index (χ0n) is 7.75. The van der Waals surface area contributed by atoms with Gasteiger partial charge in [0.15, 0.2) is 0 Å². The van der Waals surface area contributed by atoms with E-state index in [-0.39, 0.29) is 0 Å². The number of nitrogens with zero attached hydrogens (tertiary/aromatic N) is 2. The Bertz CT molecular complexity index is 301. The van der Waals surface area contributed by atoms with E-state index >= 15 is 0 Å². The first-order valence-electron chi connectivity index (χ1n) is 4.29. The van der Waals surface area contributed by atoms with Gasteiger partial charge >= 0.3 is 0 Å². The van der Waals surface area contributed by atoms with Crippen molar-refractivity contribution in [3.8, 4) is 12.3 Å². The Morgan fingerprint density at radius 3 is 3.08 bits per heavy atom. The molecule has 1 heterocycles. The molecule has 0 saturated heterocycles. The summed E-state index contributed by atoms with van der Waals surface area (Å²) in [7, 11) is 0. The van der Waals surface area contributed by atoms with E-state index < -0.39 is 0 Å². The van der Waals surface area contributed by atoms with Crippen molar-refractivity contribution in [3.63, 3.8) is 0 Å². The lowest BCUT2D eigenvalue weighted by atomic mass is 10.3. The first kappa shape index (κ1) is 9.53. The summed E-state index contributed by atoms with van der Waals surface area (Å²) in [6, 6.07) is 1.91. The molecule has 0 bridgehead atoms. The third-order valence-corrected chi connectivity index (χ3v) is 1.61. The predicted octanol–water partition coefficient (Wildman–Crippen LogP) is 1.61. The summed E-state index contributed by atoms with van der Waals surface area (Å²) in [6.07, 6.45) is 8.46. The van der Waals surface area contributed by atoms with E-state index in [1.807, 2.05) is 13.0 Å². The smallest absolute Gasteiger partial charge is 0.129 e. The van der Waals surface area contributed by atoms with Gasteiger partial charge in [0, 0.05) is 24.7 Å². The molecule has 1 N–H and O–H groups in total. The molecule has 13 heavy (non-hydrogen) atoms. The summed E-state index contributed by atoms with van der Waals surface area (Å²) in [6.45, 7) is 2.80. The zero-order valence-corrected chi connectivity index (χ0v) is 7.75. The monoisotopic (exact) mass is 175 g/mol. The van der Waals surface area contributed by atoms with E-state index in [0.29, 0.717) is 0 Å². The van der Waals surface area contributed by atoms with E-state index in [4.69, 9.17) is 6.42 Å². The molecule has 0 aliphatic rings. The van der Waals surface area contributed by atoms with Crippen LogP contribution in [0.4, 0.5) is 5.82 Å². The van der Waals surface area contributed by atoms with Crippen LogP contribution in [-0.4, -0.2) is 16.5 Å². The van der Waals surface area contributed by atoms with Crippen molar-refractivity contribution < 1.29 is 0 Å². The minimum atomic E-state index is 0.803. The fourth-order valence-corrected chi connectivity index (χ4v) is 0.958. The average molecular weight is 175 g/mol. The Kier molecular flexibility index (Phi) is 3.77. The van der Waals surface area contributed by atoms with Crippen molar-refractivity contribution >= 4 is 5.82 Å². The number of unbranched alkanes of at least 4 members (excludes halogenated alkanes) is 1. The van der Waals surface area contributed by atoms with E-state index in [9.17, 15) is 0 Å². The van der Waals surface area contributed by atoms with Gasteiger partial charge in [0.1, 0.15) is 12.1 Å². The molecular formula is C10H13N3. The fourth-order valence-electron chi connectivity index (χ4n) is 0.958. The van der Waals surface area contributed by atoms with Gasteiger partial charge in [-0.25, -0.2) is 9.97 Å². The molecule has 0 atom stereocenters. The van der Waals surface area contributed by atoms with Crippen LogP contribution in [0.3, 0.4) is 0 Å². The number of hydrogen-bond donors (Lipinski definition) is 1. The van der Waals surface area contributed by atoms with Gasteiger partial charge in [0.05, 0.1) is 0 Å². The van der Waals surface area contributed by atoms with Crippen molar-refractivity contribution in [1.82, 2.24) is 9.97 Å². The quantitative estimate of drug-likeness (QED) is 0.558. The summed E-state index contributed by atoms with van der Waals surface area (Å²) >= 11 is 0. The summed E-state index contributed by atoms with van der Waals surface area (Å²) in [5.74, 6) is 3.46. The van der Waals surface area contributed by atoms with Crippen molar-refractivity contribution in [2.45, 2.75) is 19.8 Å². The van der Waals surface area contributed by atoms with Crippen molar-refractivity contribution in [2.75, 3.05) is 11.9 Å². The zero-order chi connectivity index (χ0) is 9.52. The first-order chi connectivity index (χ1) is 6.33. The van der Waals surface area contributed by atoms with Crippen molar-refractivity contribution in [3.05, 3.63) is 18.1 Å². The van der Waals surface area contributed by atoms with Crippen LogP contribution >= 0.6 is 0 Å². The largest absolute Gasteiger partial charge is 0.370 e. The third kappa shape index (κ3) is 3.57. The Morgan fingerprint density at radius 2 is 2.38 bits per heavy atom. The number of anilines is 1. The maximum atomic E-state index is 5.13. The molecule has 68 valence electrons. The summed E-state index contributed by atoms with van der Waals surface area (Å²) in [5.41, 5.74) is 0.967. The number of nitrogens with one attached hydrogen (secondary N) is 1. The molecule has 1 aromatic rings. The molecular weight excluding hydrogens is 162 g/mol. The Labute approximate surface area is 78.6 Å². The molecule has 1 rings (SSSR count). The topological polar surface area (TPSA) is 37.8 Å². The van der Waals surface area contributed by atoms with E-state index in [2.05, 4.69) is 21.2 Å². The number of terminal acetylenes is 1. The molecule has 0 amide bonds.